The van der Waals surface area contributed by atoms with Gasteiger partial charge in [0.25, 0.3) is 11.8 Å². The predicted molar refractivity (Wildman–Crippen MR) is 205 cm³/mol. The van der Waals surface area contributed by atoms with Crippen molar-refractivity contribution in [1.29, 1.82) is 0 Å². The van der Waals surface area contributed by atoms with Gasteiger partial charge in [0, 0.05) is 25.9 Å². The highest BCUT2D eigenvalue weighted by atomic mass is 16.8. The van der Waals surface area contributed by atoms with Gasteiger partial charge < -0.3 is 59.2 Å². The number of amides is 4. The fourth-order valence-electron chi connectivity index (χ4n) is 8.34. The molecule has 0 aromatic heterocycles. The predicted octanol–water partition coefficient (Wildman–Crippen LogP) is 1.77. The first kappa shape index (κ1) is 42.1. The Balaban J connectivity index is 1.25. The van der Waals surface area contributed by atoms with Crippen LogP contribution >= 0.6 is 0 Å². The molecule has 5 aliphatic rings. The molecule has 0 aliphatic carbocycles. The molecule has 2 aromatic rings. The minimum Gasteiger partial charge on any atom is -0.352 e. The zero-order chi connectivity index (χ0) is 41.6. The Labute approximate surface area is 338 Å². The summed E-state index contributed by atoms with van der Waals surface area (Å²) in [5.74, 6) is -6.85. The lowest BCUT2D eigenvalue weighted by molar-refractivity contribution is -0.175. The molecule has 5 aliphatic heterocycles. The molecule has 10 atom stereocenters. The fourth-order valence-corrected chi connectivity index (χ4v) is 8.34. The molecule has 7 rings (SSSR count). The van der Waals surface area contributed by atoms with Crippen molar-refractivity contribution in [1.82, 2.24) is 21.3 Å². The smallest absolute Gasteiger partial charge is 0.252 e. The summed E-state index contributed by atoms with van der Waals surface area (Å²) in [6.07, 6.45) is -7.56. The first-order valence-electron chi connectivity index (χ1n) is 19.9. The van der Waals surface area contributed by atoms with Crippen LogP contribution in [-0.4, -0.2) is 121 Å². The average molecular weight is 809 g/mol. The molecule has 4 N–H and O–H groups in total. The van der Waals surface area contributed by atoms with Gasteiger partial charge in [0.1, 0.15) is 48.7 Å². The lowest BCUT2D eigenvalue weighted by Gasteiger charge is -2.29. The molecule has 5 saturated heterocycles. The summed E-state index contributed by atoms with van der Waals surface area (Å²) in [6.45, 7) is 13.5. The first-order chi connectivity index (χ1) is 27.3. The number of hydrogen-bond acceptors (Lipinski definition) is 12. The Morgan fingerprint density at radius 1 is 0.448 bits per heavy atom. The maximum Gasteiger partial charge on any atom is 0.252 e. The summed E-state index contributed by atoms with van der Waals surface area (Å²) in [5, 5.41) is 11.8. The standard InChI is InChI=1S/C42H56N4O12/c1-39(2)51-27-21-43-35(47)25(19-23-15-11-9-12-16-23)46-38(50)34-32(56-42(7,8)58-34)30-28(52-40(3,4)54-30)22-44-36(48)26(20-24-17-13-10-14-18-24)45-37(49)33-31(29(27)53-39)55-41(5,6)57-33/h9-18,25-34H,19-22H2,1-8H3,(H,43,47)(H,44,48)(H,45,49)(H,46,50)/t25-,26-,27-,28-,29+,30+,31+,32+,33-,34-/m1/s1. The Hall–Kier alpha value is -4.00. The van der Waals surface area contributed by atoms with Crippen LogP contribution in [0.25, 0.3) is 0 Å². The first-order valence-corrected chi connectivity index (χ1v) is 19.9. The number of rotatable bonds is 4. The number of benzene rings is 2. The third-order valence-corrected chi connectivity index (χ3v) is 10.7. The van der Waals surface area contributed by atoms with Crippen LogP contribution in [0.4, 0.5) is 0 Å². The number of carbonyl (C=O) groups excluding carboxylic acids is 4. The molecule has 0 bridgehead atoms. The summed E-state index contributed by atoms with van der Waals surface area (Å²) in [6, 6.07) is 16.5. The van der Waals surface area contributed by atoms with E-state index in [-0.39, 0.29) is 25.9 Å². The summed E-state index contributed by atoms with van der Waals surface area (Å²) in [7, 11) is 0. The SMILES string of the molecule is CC1(C)O[C@@H]2[C@@H]3OC(C)(C)O[C@H]3C(=O)N[C@H](Cc3ccccc3)C(=O)NC[C@H]3OC(C)(C)O[C@@H]3[C@@H]3OC(C)(C)O[C@H]3C(=O)N[C@H](Cc3ccccc3)C(=O)NC[C@H]2O1. The van der Waals surface area contributed by atoms with Crippen LogP contribution in [0.15, 0.2) is 60.7 Å². The van der Waals surface area contributed by atoms with Crippen molar-refractivity contribution in [2.75, 3.05) is 13.1 Å². The van der Waals surface area contributed by atoms with E-state index in [0.29, 0.717) is 0 Å². The highest BCUT2D eigenvalue weighted by Crippen LogP contribution is 2.40. The summed E-state index contributed by atoms with van der Waals surface area (Å²) >= 11 is 0. The molecule has 0 spiro atoms. The molecule has 4 amide bonds. The second-order valence-electron chi connectivity index (χ2n) is 17.3. The number of nitrogens with one attached hydrogen (secondary N) is 4. The molecule has 0 saturated carbocycles. The van der Waals surface area contributed by atoms with Gasteiger partial charge in [-0.15, -0.1) is 0 Å². The quantitative estimate of drug-likeness (QED) is 0.351. The Bertz CT molecular complexity index is 1690. The van der Waals surface area contributed by atoms with E-state index in [2.05, 4.69) is 21.3 Å². The van der Waals surface area contributed by atoms with Gasteiger partial charge in [-0.1, -0.05) is 60.7 Å². The maximum absolute atomic E-state index is 14.3. The van der Waals surface area contributed by atoms with Gasteiger partial charge in [0.2, 0.25) is 11.8 Å². The zero-order valence-electron chi connectivity index (χ0n) is 34.3. The van der Waals surface area contributed by atoms with E-state index in [4.69, 9.17) is 37.9 Å². The van der Waals surface area contributed by atoms with E-state index in [1.54, 1.807) is 55.4 Å². The van der Waals surface area contributed by atoms with Crippen LogP contribution < -0.4 is 21.3 Å². The molecule has 0 unspecified atom stereocenters. The van der Waals surface area contributed by atoms with Crippen LogP contribution in [0.2, 0.25) is 0 Å². The molecule has 0 radical (unpaired) electrons. The monoisotopic (exact) mass is 808 g/mol. The molecule has 16 nitrogen and oxygen atoms in total. The molecular weight excluding hydrogens is 752 g/mol. The largest absolute Gasteiger partial charge is 0.352 e. The van der Waals surface area contributed by atoms with Gasteiger partial charge in [-0.3, -0.25) is 19.2 Å². The second kappa shape index (κ2) is 16.2. The number of ether oxygens (including phenoxy) is 8. The van der Waals surface area contributed by atoms with Crippen molar-refractivity contribution < 1.29 is 57.1 Å². The Kier molecular flexibility index (Phi) is 11.8. The third kappa shape index (κ3) is 9.71. The van der Waals surface area contributed by atoms with Crippen molar-refractivity contribution in [3.63, 3.8) is 0 Å². The van der Waals surface area contributed by atoms with Gasteiger partial charge in [0.05, 0.1) is 0 Å². The summed E-state index contributed by atoms with van der Waals surface area (Å²) in [5.41, 5.74) is 1.61. The third-order valence-electron chi connectivity index (χ3n) is 10.7. The number of carbonyl (C=O) groups is 4. The molecule has 5 fully saturated rings. The van der Waals surface area contributed by atoms with E-state index >= 15 is 0 Å². The van der Waals surface area contributed by atoms with Crippen molar-refractivity contribution in [3.8, 4) is 0 Å². The van der Waals surface area contributed by atoms with Crippen molar-refractivity contribution in [2.45, 2.75) is 152 Å². The fraction of sp³-hybridized carbons (Fsp3) is 0.619. The molecule has 16 heteroatoms. The summed E-state index contributed by atoms with van der Waals surface area (Å²) in [4.78, 5) is 57.0. The van der Waals surface area contributed by atoms with Gasteiger partial charge in [-0.25, -0.2) is 0 Å². The molecule has 5 heterocycles. The molecule has 58 heavy (non-hydrogen) atoms. The van der Waals surface area contributed by atoms with Gasteiger partial charge in [-0.2, -0.15) is 0 Å². The minimum atomic E-state index is -1.23. The summed E-state index contributed by atoms with van der Waals surface area (Å²) < 4.78 is 50.4. The van der Waals surface area contributed by atoms with Crippen molar-refractivity contribution >= 4 is 23.6 Å². The highest BCUT2D eigenvalue weighted by Gasteiger charge is 2.58. The molecule has 316 valence electrons. The molecular formula is C42H56N4O12. The maximum atomic E-state index is 14.3. The van der Waals surface area contributed by atoms with Crippen LogP contribution in [0.3, 0.4) is 0 Å². The lowest BCUT2D eigenvalue weighted by Crippen LogP contribution is -2.58. The van der Waals surface area contributed by atoms with Crippen molar-refractivity contribution in [3.05, 3.63) is 71.8 Å². The van der Waals surface area contributed by atoms with E-state index in [1.807, 2.05) is 60.7 Å². The van der Waals surface area contributed by atoms with E-state index < -0.39 is 108 Å². The van der Waals surface area contributed by atoms with Crippen LogP contribution in [0.1, 0.15) is 66.5 Å². The average Bonchev–Trinajstić information content (AvgIpc) is 3.86. The minimum absolute atomic E-state index is 0.0650. The normalized spacial score (nSPS) is 35.9. The van der Waals surface area contributed by atoms with Gasteiger partial charge >= 0.3 is 0 Å². The van der Waals surface area contributed by atoms with Crippen molar-refractivity contribution in [2.24, 2.45) is 0 Å². The van der Waals surface area contributed by atoms with Gasteiger partial charge in [0.15, 0.2) is 35.4 Å². The topological polar surface area (TPSA) is 190 Å². The van der Waals surface area contributed by atoms with Crippen LogP contribution in [-0.2, 0) is 69.9 Å². The Morgan fingerprint density at radius 2 is 0.776 bits per heavy atom. The van der Waals surface area contributed by atoms with Gasteiger partial charge in [-0.05, 0) is 66.5 Å². The zero-order valence-corrected chi connectivity index (χ0v) is 34.3. The number of fused-ring (bicyclic) bond motifs is 6. The number of hydrogen-bond donors (Lipinski definition) is 4. The van der Waals surface area contributed by atoms with E-state index in [0.717, 1.165) is 11.1 Å². The second-order valence-corrected chi connectivity index (χ2v) is 17.3. The van der Waals surface area contributed by atoms with E-state index in [1.165, 1.54) is 0 Å². The molecule has 2 aromatic carbocycles. The lowest BCUT2D eigenvalue weighted by atomic mass is 9.99. The highest BCUT2D eigenvalue weighted by molar-refractivity contribution is 5.91. The van der Waals surface area contributed by atoms with Crippen LogP contribution in [0, 0.1) is 0 Å². The Morgan fingerprint density at radius 3 is 1.14 bits per heavy atom. The van der Waals surface area contributed by atoms with Crippen LogP contribution in [0.5, 0.6) is 0 Å². The van der Waals surface area contributed by atoms with E-state index in [9.17, 15) is 19.2 Å².